The van der Waals surface area contributed by atoms with E-state index in [1.54, 1.807) is 12.1 Å². The molecule has 0 spiro atoms. The van der Waals surface area contributed by atoms with Crippen LogP contribution in [0.15, 0.2) is 18.2 Å². The third-order valence-electron chi connectivity index (χ3n) is 3.13. The third kappa shape index (κ3) is 3.70. The molecule has 0 radical (unpaired) electrons. The lowest BCUT2D eigenvalue weighted by Crippen LogP contribution is -2.28. The van der Waals surface area contributed by atoms with Crippen molar-refractivity contribution in [2.75, 3.05) is 17.2 Å². The fourth-order valence-corrected chi connectivity index (χ4v) is 3.93. The smallest absolute Gasteiger partial charge is 0.337 e. The maximum atomic E-state index is 12.7. The minimum atomic E-state index is -4.67. The van der Waals surface area contributed by atoms with Crippen molar-refractivity contribution in [3.63, 3.8) is 0 Å². The fourth-order valence-electron chi connectivity index (χ4n) is 2.35. The summed E-state index contributed by atoms with van der Waals surface area (Å²) in [5.41, 5.74) is 0.188. The molecular formula is C12H11FINO5S. The number of aromatic carboxylic acids is 1. The van der Waals surface area contributed by atoms with E-state index in [2.05, 4.69) is 0 Å². The van der Waals surface area contributed by atoms with Gasteiger partial charge in [0.15, 0.2) is 0 Å². The average Bonchev–Trinajstić information content (AvgIpc) is 2.66. The van der Waals surface area contributed by atoms with Gasteiger partial charge in [-0.25, -0.2) is 4.79 Å². The minimum Gasteiger partial charge on any atom is -0.478 e. The summed E-state index contributed by atoms with van der Waals surface area (Å²) in [7, 11) is -4.67. The molecule has 1 unspecified atom stereocenters. The molecule has 1 aromatic rings. The normalized spacial score (nSPS) is 19.0. The van der Waals surface area contributed by atoms with Gasteiger partial charge in [-0.1, -0.05) is 6.07 Å². The van der Waals surface area contributed by atoms with Crippen molar-refractivity contribution < 1.29 is 27.0 Å². The second-order valence-electron chi connectivity index (χ2n) is 4.72. The van der Waals surface area contributed by atoms with E-state index in [4.69, 9.17) is 0 Å². The number of hydrogen-bond acceptors (Lipinski definition) is 4. The van der Waals surface area contributed by atoms with Gasteiger partial charge in [0.1, 0.15) is 0 Å². The van der Waals surface area contributed by atoms with Crippen LogP contribution in [0.3, 0.4) is 0 Å². The lowest BCUT2D eigenvalue weighted by molar-refractivity contribution is -0.117. The van der Waals surface area contributed by atoms with Crippen molar-refractivity contribution in [2.45, 2.75) is 6.42 Å². The van der Waals surface area contributed by atoms with Gasteiger partial charge in [-0.3, -0.25) is 4.79 Å². The lowest BCUT2D eigenvalue weighted by Gasteiger charge is -2.20. The number of hydrogen-bond donors (Lipinski definition) is 1. The Hall–Kier alpha value is -1.23. The Balaban J connectivity index is 2.36. The van der Waals surface area contributed by atoms with Gasteiger partial charge >= 0.3 is 16.2 Å². The first-order valence-electron chi connectivity index (χ1n) is 5.93. The number of carbonyl (C=O) groups is 2. The Bertz CT molecular complexity index is 706. The van der Waals surface area contributed by atoms with Crippen molar-refractivity contribution in [1.82, 2.24) is 0 Å². The van der Waals surface area contributed by atoms with Crippen LogP contribution in [-0.2, 0) is 15.0 Å². The minimum absolute atomic E-state index is 0.0116. The van der Waals surface area contributed by atoms with E-state index in [-0.39, 0.29) is 24.2 Å². The first-order valence-corrected chi connectivity index (χ1v) is 8.56. The van der Waals surface area contributed by atoms with E-state index in [0.29, 0.717) is 3.57 Å². The molecule has 0 aromatic heterocycles. The molecule has 1 aliphatic heterocycles. The molecular weight excluding hydrogens is 416 g/mol. The Kier molecular flexibility index (Phi) is 4.51. The van der Waals surface area contributed by atoms with Gasteiger partial charge in [0.25, 0.3) is 0 Å². The molecule has 1 saturated heterocycles. The molecule has 2 rings (SSSR count). The van der Waals surface area contributed by atoms with Crippen LogP contribution in [0.1, 0.15) is 16.8 Å². The van der Waals surface area contributed by atoms with Gasteiger partial charge in [0.05, 0.1) is 17.0 Å². The molecule has 0 bridgehead atoms. The number of halogens is 2. The van der Waals surface area contributed by atoms with Gasteiger partial charge in [0.2, 0.25) is 5.91 Å². The van der Waals surface area contributed by atoms with E-state index >= 15 is 0 Å². The highest BCUT2D eigenvalue weighted by molar-refractivity contribution is 14.1. The van der Waals surface area contributed by atoms with Crippen LogP contribution in [0.2, 0.25) is 0 Å². The van der Waals surface area contributed by atoms with E-state index in [9.17, 15) is 27.0 Å². The highest BCUT2D eigenvalue weighted by atomic mass is 127. The van der Waals surface area contributed by atoms with Crippen molar-refractivity contribution in [2.24, 2.45) is 5.92 Å². The van der Waals surface area contributed by atoms with Crippen LogP contribution in [0.4, 0.5) is 9.57 Å². The van der Waals surface area contributed by atoms with Gasteiger partial charge in [-0.05, 0) is 34.7 Å². The zero-order valence-electron chi connectivity index (χ0n) is 10.6. The molecule has 21 heavy (non-hydrogen) atoms. The van der Waals surface area contributed by atoms with Gasteiger partial charge in [0, 0.05) is 22.5 Å². The molecule has 1 amide bonds. The van der Waals surface area contributed by atoms with Crippen LogP contribution in [0.25, 0.3) is 0 Å². The average molecular weight is 427 g/mol. The van der Waals surface area contributed by atoms with E-state index in [1.165, 1.54) is 11.0 Å². The Labute approximate surface area is 134 Å². The number of carbonyl (C=O) groups excluding carboxylic acids is 1. The maximum Gasteiger partial charge on any atom is 0.337 e. The monoisotopic (exact) mass is 427 g/mol. The van der Waals surface area contributed by atoms with Crippen molar-refractivity contribution in [3.05, 3.63) is 27.3 Å². The largest absolute Gasteiger partial charge is 0.478 e. The summed E-state index contributed by atoms with van der Waals surface area (Å²) in [5, 5.41) is 9.19. The summed E-state index contributed by atoms with van der Waals surface area (Å²) in [5.74, 6) is -3.00. The lowest BCUT2D eigenvalue weighted by atomic mass is 10.1. The molecule has 114 valence electrons. The third-order valence-corrected chi connectivity index (χ3v) is 4.87. The van der Waals surface area contributed by atoms with E-state index in [0.717, 1.165) is 0 Å². The summed E-state index contributed by atoms with van der Waals surface area (Å²) in [6, 6.07) is 4.57. The van der Waals surface area contributed by atoms with Gasteiger partial charge in [-0.15, -0.1) is 3.89 Å². The molecule has 1 aliphatic rings. The second-order valence-corrected chi connectivity index (χ2v) is 7.29. The quantitative estimate of drug-likeness (QED) is 0.583. The SMILES string of the molecule is O=C(O)c1cccc(I)c1N1CC(CS(=O)(=O)F)CC1=O. The molecule has 0 aliphatic carbocycles. The molecule has 1 N–H and O–H groups in total. The molecule has 1 heterocycles. The number of benzene rings is 1. The van der Waals surface area contributed by atoms with Crippen LogP contribution < -0.4 is 4.90 Å². The van der Waals surface area contributed by atoms with Crippen molar-refractivity contribution in [3.8, 4) is 0 Å². The molecule has 9 heteroatoms. The van der Waals surface area contributed by atoms with Crippen LogP contribution in [0.5, 0.6) is 0 Å². The summed E-state index contributed by atoms with van der Waals surface area (Å²) < 4.78 is 34.7. The summed E-state index contributed by atoms with van der Waals surface area (Å²) in [4.78, 5) is 24.5. The zero-order chi connectivity index (χ0) is 15.8. The molecule has 6 nitrogen and oxygen atoms in total. The van der Waals surface area contributed by atoms with Crippen LogP contribution in [-0.4, -0.2) is 37.7 Å². The standard InChI is InChI=1S/C12H11FINO5S/c13-21(19,20)6-7-4-10(16)15(5-7)11-8(12(17)18)2-1-3-9(11)14/h1-3,7H,4-6H2,(H,17,18). The topological polar surface area (TPSA) is 91.8 Å². The molecule has 1 fully saturated rings. The van der Waals surface area contributed by atoms with Gasteiger partial charge in [-0.2, -0.15) is 8.42 Å². The number of carboxylic acids is 1. The summed E-state index contributed by atoms with van der Waals surface area (Å²) in [6.07, 6.45) is -0.118. The number of para-hydroxylation sites is 1. The van der Waals surface area contributed by atoms with Crippen LogP contribution >= 0.6 is 22.6 Å². The van der Waals surface area contributed by atoms with E-state index < -0.39 is 33.8 Å². The number of rotatable bonds is 4. The molecule has 1 atom stereocenters. The molecule has 1 aromatic carbocycles. The number of anilines is 1. The van der Waals surface area contributed by atoms with Gasteiger partial charge < -0.3 is 10.0 Å². The second kappa shape index (κ2) is 5.87. The van der Waals surface area contributed by atoms with Crippen molar-refractivity contribution in [1.29, 1.82) is 0 Å². The molecule has 0 saturated carbocycles. The Morgan fingerprint density at radius 1 is 1.48 bits per heavy atom. The number of carboxylic acid groups (broad SMARTS) is 1. The highest BCUT2D eigenvalue weighted by Crippen LogP contribution is 2.33. The predicted molar refractivity (Wildman–Crippen MR) is 81.5 cm³/mol. The first kappa shape index (κ1) is 16.1. The van der Waals surface area contributed by atoms with E-state index in [1.807, 2.05) is 22.6 Å². The Morgan fingerprint density at radius 2 is 2.14 bits per heavy atom. The summed E-state index contributed by atoms with van der Waals surface area (Å²) in [6.45, 7) is -0.0116. The maximum absolute atomic E-state index is 12.7. The summed E-state index contributed by atoms with van der Waals surface area (Å²) >= 11 is 1.90. The predicted octanol–water partition coefficient (Wildman–Crippen LogP) is 1.64. The number of nitrogens with zero attached hydrogens (tertiary/aromatic N) is 1. The first-order chi connectivity index (χ1) is 9.69. The fraction of sp³-hybridized carbons (Fsp3) is 0.333. The Morgan fingerprint density at radius 3 is 2.71 bits per heavy atom. The van der Waals surface area contributed by atoms with Crippen molar-refractivity contribution >= 4 is 50.4 Å². The number of amides is 1. The highest BCUT2D eigenvalue weighted by Gasteiger charge is 2.36. The van der Waals surface area contributed by atoms with Crippen LogP contribution in [0, 0.1) is 9.49 Å². The zero-order valence-corrected chi connectivity index (χ0v) is 13.6.